The molecule has 1 fully saturated rings. The van der Waals surface area contributed by atoms with Crippen LogP contribution in [0.1, 0.15) is 13.8 Å². The van der Waals surface area contributed by atoms with Gasteiger partial charge in [-0.3, -0.25) is 0 Å². The first-order valence-electron chi connectivity index (χ1n) is 5.30. The fraction of sp³-hybridized carbons (Fsp3) is 0.500. The molecule has 0 aromatic carbocycles. The number of epoxide rings is 1. The highest BCUT2D eigenvalue weighted by molar-refractivity contribution is 5.59. The number of furan rings is 2. The standard InChI is InChI=1S/C6H4O.C4H10O.C2H4O/c1-2-6-4-3-5(1)7-6;1-3-5-4-2;1-2-3-1/h1-4H;3-4H2,1-2H3;1-2H2. The van der Waals surface area contributed by atoms with Crippen LogP contribution in [-0.2, 0) is 9.47 Å². The third-order valence-electron chi connectivity index (χ3n) is 1.67. The molecule has 0 N–H and O–H groups in total. The molecule has 3 nitrogen and oxygen atoms in total. The van der Waals surface area contributed by atoms with Crippen molar-refractivity contribution >= 4 is 11.2 Å². The van der Waals surface area contributed by atoms with Gasteiger partial charge in [-0.15, -0.1) is 0 Å². The van der Waals surface area contributed by atoms with Crippen LogP contribution in [-0.4, -0.2) is 26.4 Å². The average molecular weight is 210 g/mol. The predicted molar refractivity (Wildman–Crippen MR) is 60.4 cm³/mol. The SMILES string of the molecule is C1CO1.CCOCC.c1cc2ccc1o2. The van der Waals surface area contributed by atoms with Crippen molar-refractivity contribution in [3.63, 3.8) is 0 Å². The van der Waals surface area contributed by atoms with E-state index in [1.807, 2.05) is 38.1 Å². The molecule has 2 aromatic heterocycles. The summed E-state index contributed by atoms with van der Waals surface area (Å²) in [6.45, 7) is 7.67. The molecule has 0 atom stereocenters. The molecule has 3 heterocycles. The van der Waals surface area contributed by atoms with E-state index < -0.39 is 0 Å². The van der Waals surface area contributed by atoms with E-state index in [0.717, 1.165) is 37.6 Å². The molecule has 0 aliphatic carbocycles. The molecule has 15 heavy (non-hydrogen) atoms. The molecule has 0 saturated carbocycles. The van der Waals surface area contributed by atoms with Gasteiger partial charge in [-0.1, -0.05) is 0 Å². The largest absolute Gasteiger partial charge is 0.457 e. The zero-order valence-electron chi connectivity index (χ0n) is 9.36. The first-order chi connectivity index (χ1) is 7.36. The van der Waals surface area contributed by atoms with Gasteiger partial charge in [0.2, 0.25) is 0 Å². The smallest absolute Gasteiger partial charge is 0.127 e. The van der Waals surface area contributed by atoms with Gasteiger partial charge in [-0.2, -0.15) is 0 Å². The molecule has 0 unspecified atom stereocenters. The lowest BCUT2D eigenvalue weighted by Crippen LogP contribution is -1.84. The quantitative estimate of drug-likeness (QED) is 0.715. The Morgan fingerprint density at radius 3 is 1.47 bits per heavy atom. The van der Waals surface area contributed by atoms with E-state index in [-0.39, 0.29) is 0 Å². The van der Waals surface area contributed by atoms with Crippen molar-refractivity contribution in [1.29, 1.82) is 0 Å². The van der Waals surface area contributed by atoms with Gasteiger partial charge in [0.1, 0.15) is 11.2 Å². The summed E-state index contributed by atoms with van der Waals surface area (Å²) in [5.41, 5.74) is 1.94. The van der Waals surface area contributed by atoms with E-state index in [1.54, 1.807) is 0 Å². The minimum atomic E-state index is 0.844. The molecule has 2 aromatic rings. The van der Waals surface area contributed by atoms with Crippen molar-refractivity contribution in [3.05, 3.63) is 24.3 Å². The van der Waals surface area contributed by atoms with E-state index in [2.05, 4.69) is 4.74 Å². The molecular weight excluding hydrogens is 192 g/mol. The van der Waals surface area contributed by atoms with Crippen molar-refractivity contribution in [2.45, 2.75) is 13.8 Å². The van der Waals surface area contributed by atoms with Crippen molar-refractivity contribution in [1.82, 2.24) is 0 Å². The lowest BCUT2D eigenvalue weighted by molar-refractivity contribution is 0.162. The maximum atomic E-state index is 5.08. The van der Waals surface area contributed by atoms with Crippen molar-refractivity contribution in [3.8, 4) is 0 Å². The number of ether oxygens (including phenoxy) is 2. The summed E-state index contributed by atoms with van der Waals surface area (Å²) >= 11 is 0. The summed E-state index contributed by atoms with van der Waals surface area (Å²) in [5, 5.41) is 0. The third kappa shape index (κ3) is 6.10. The van der Waals surface area contributed by atoms with Crippen LogP contribution >= 0.6 is 0 Å². The highest BCUT2D eigenvalue weighted by atomic mass is 16.6. The predicted octanol–water partition coefficient (Wildman–Crippen LogP) is 2.93. The van der Waals surface area contributed by atoms with Gasteiger partial charge in [0.05, 0.1) is 13.2 Å². The van der Waals surface area contributed by atoms with Crippen molar-refractivity contribution in [2.75, 3.05) is 26.4 Å². The molecule has 1 saturated heterocycles. The minimum Gasteiger partial charge on any atom is -0.457 e. The first-order valence-corrected chi connectivity index (χ1v) is 5.30. The number of benzene rings is 1. The minimum absolute atomic E-state index is 0.844. The first kappa shape index (κ1) is 12.0. The molecule has 0 spiro atoms. The van der Waals surface area contributed by atoms with Gasteiger partial charge >= 0.3 is 0 Å². The molecular formula is C12H18O3. The lowest BCUT2D eigenvalue weighted by Gasteiger charge is -1.86. The molecule has 1 aliphatic rings. The summed E-state index contributed by atoms with van der Waals surface area (Å²) in [5.74, 6) is 0. The molecule has 0 radical (unpaired) electrons. The maximum Gasteiger partial charge on any atom is 0.127 e. The van der Waals surface area contributed by atoms with E-state index in [9.17, 15) is 0 Å². The fourth-order valence-corrected chi connectivity index (χ4v) is 0.916. The van der Waals surface area contributed by atoms with Gasteiger partial charge in [0.25, 0.3) is 0 Å². The zero-order valence-corrected chi connectivity index (χ0v) is 9.36. The van der Waals surface area contributed by atoms with Gasteiger partial charge in [-0.05, 0) is 38.1 Å². The fourth-order valence-electron chi connectivity index (χ4n) is 0.916. The van der Waals surface area contributed by atoms with Crippen LogP contribution in [0.5, 0.6) is 0 Å². The molecule has 3 heteroatoms. The monoisotopic (exact) mass is 210 g/mol. The van der Waals surface area contributed by atoms with Crippen LogP contribution in [0.15, 0.2) is 28.7 Å². The van der Waals surface area contributed by atoms with Crippen LogP contribution in [0.2, 0.25) is 0 Å². The van der Waals surface area contributed by atoms with Crippen LogP contribution in [0.25, 0.3) is 11.2 Å². The van der Waals surface area contributed by atoms with Gasteiger partial charge in [-0.25, -0.2) is 0 Å². The van der Waals surface area contributed by atoms with Crippen LogP contribution in [0.4, 0.5) is 0 Å². The van der Waals surface area contributed by atoms with Gasteiger partial charge in [0.15, 0.2) is 0 Å². The summed E-state index contributed by atoms with van der Waals surface area (Å²) in [4.78, 5) is 0. The highest BCUT2D eigenvalue weighted by Gasteiger charge is 1.94. The molecule has 2 bridgehead atoms. The Balaban J connectivity index is 0.000000124. The second-order valence-corrected chi connectivity index (χ2v) is 2.97. The molecule has 1 aliphatic heterocycles. The second kappa shape index (κ2) is 7.26. The Morgan fingerprint density at radius 1 is 1.00 bits per heavy atom. The molecule has 3 rings (SSSR count). The van der Waals surface area contributed by atoms with Crippen molar-refractivity contribution in [2.24, 2.45) is 0 Å². The van der Waals surface area contributed by atoms with Crippen LogP contribution in [0, 0.1) is 0 Å². The Labute approximate surface area is 90.3 Å². The number of rotatable bonds is 2. The lowest BCUT2D eigenvalue weighted by atomic mass is 10.4. The summed E-state index contributed by atoms with van der Waals surface area (Å²) < 4.78 is 14.4. The van der Waals surface area contributed by atoms with Gasteiger partial charge in [0, 0.05) is 13.2 Å². The van der Waals surface area contributed by atoms with E-state index in [0.29, 0.717) is 0 Å². The molecule has 84 valence electrons. The van der Waals surface area contributed by atoms with Crippen LogP contribution < -0.4 is 0 Å². The Morgan fingerprint density at radius 2 is 1.40 bits per heavy atom. The number of hydrogen-bond donors (Lipinski definition) is 0. The Hall–Kier alpha value is -1.06. The van der Waals surface area contributed by atoms with E-state index in [4.69, 9.17) is 9.15 Å². The summed E-state index contributed by atoms with van der Waals surface area (Å²) in [7, 11) is 0. The topological polar surface area (TPSA) is 34.9 Å². The second-order valence-electron chi connectivity index (χ2n) is 2.97. The zero-order chi connectivity index (χ0) is 10.9. The van der Waals surface area contributed by atoms with Crippen LogP contribution in [0.3, 0.4) is 0 Å². The maximum absolute atomic E-state index is 5.08. The van der Waals surface area contributed by atoms with E-state index >= 15 is 0 Å². The Bertz CT molecular complexity index is 277. The highest BCUT2D eigenvalue weighted by Crippen LogP contribution is 2.13. The van der Waals surface area contributed by atoms with Crippen molar-refractivity contribution < 1.29 is 13.9 Å². The normalized spacial score (nSPS) is 12.7. The summed E-state index contributed by atoms with van der Waals surface area (Å²) in [6, 6.07) is 7.81. The van der Waals surface area contributed by atoms with Gasteiger partial charge < -0.3 is 13.9 Å². The number of hydrogen-bond acceptors (Lipinski definition) is 3. The third-order valence-corrected chi connectivity index (χ3v) is 1.67. The molecule has 0 amide bonds. The van der Waals surface area contributed by atoms with E-state index in [1.165, 1.54) is 0 Å². The number of fused-ring (bicyclic) bond motifs is 2. The Kier molecular flexibility index (Phi) is 5.81. The summed E-state index contributed by atoms with van der Waals surface area (Å²) in [6.07, 6.45) is 0. The average Bonchev–Trinajstić information content (AvgIpc) is 2.99.